The van der Waals surface area contributed by atoms with E-state index in [-0.39, 0.29) is 24.8 Å². The van der Waals surface area contributed by atoms with Crippen LogP contribution in [0.4, 0.5) is 4.39 Å². The van der Waals surface area contributed by atoms with Crippen molar-refractivity contribution in [3.8, 4) is 0 Å². The van der Waals surface area contributed by atoms with Crippen molar-refractivity contribution in [1.82, 2.24) is 9.47 Å². The van der Waals surface area contributed by atoms with Crippen LogP contribution in [0.2, 0.25) is 5.02 Å². The molecule has 1 heterocycles. The maximum atomic E-state index is 13.9. The molecule has 1 unspecified atom stereocenters. The third-order valence-electron chi connectivity index (χ3n) is 6.26. The Kier molecular flexibility index (Phi) is 8.69. The number of esters is 1. The molecule has 0 bridgehead atoms. The van der Waals surface area contributed by atoms with Crippen LogP contribution in [0.5, 0.6) is 0 Å². The standard InChI is InChI=1S/C28H30ClFN2O4/c1-6-31-18(4)24(17(3)25(31)28(35)36-7-2)26(33)19(5)32(16-20-8-14-23(30)15-9-20)27(34)21-10-12-22(29)13-11-21/h8-15,19H,6-7,16H2,1-5H3. The lowest BCUT2D eigenvalue weighted by Gasteiger charge is -2.29. The molecule has 0 fully saturated rings. The van der Waals surface area contributed by atoms with Gasteiger partial charge in [-0.15, -0.1) is 0 Å². The molecule has 1 atom stereocenters. The summed E-state index contributed by atoms with van der Waals surface area (Å²) in [5.74, 6) is -1.55. The maximum Gasteiger partial charge on any atom is 0.355 e. The van der Waals surface area contributed by atoms with Gasteiger partial charge in [-0.25, -0.2) is 9.18 Å². The molecule has 0 spiro atoms. The highest BCUT2D eigenvalue weighted by molar-refractivity contribution is 6.30. The number of ketones is 1. The summed E-state index contributed by atoms with van der Waals surface area (Å²) in [6.45, 7) is 9.55. The fourth-order valence-electron chi connectivity index (χ4n) is 4.40. The van der Waals surface area contributed by atoms with Gasteiger partial charge in [0.15, 0.2) is 5.78 Å². The number of carbonyl (C=O) groups excluding carboxylic acids is 3. The molecule has 3 aromatic rings. The maximum absolute atomic E-state index is 13.9. The molecular formula is C28H30ClFN2O4. The number of Topliss-reactive ketones (excluding diaryl/α,β-unsaturated/α-hetero) is 1. The van der Waals surface area contributed by atoms with Crippen molar-refractivity contribution in [2.75, 3.05) is 6.61 Å². The van der Waals surface area contributed by atoms with Crippen molar-refractivity contribution >= 4 is 29.3 Å². The van der Waals surface area contributed by atoms with Gasteiger partial charge in [-0.05, 0) is 82.1 Å². The summed E-state index contributed by atoms with van der Waals surface area (Å²) in [4.78, 5) is 41.6. The van der Waals surface area contributed by atoms with Crippen LogP contribution in [0.15, 0.2) is 48.5 Å². The third-order valence-corrected chi connectivity index (χ3v) is 6.52. The fraction of sp³-hybridized carbons (Fsp3) is 0.321. The molecule has 6 nitrogen and oxygen atoms in total. The first-order valence-corrected chi connectivity index (χ1v) is 12.2. The predicted octanol–water partition coefficient (Wildman–Crippen LogP) is 6.01. The van der Waals surface area contributed by atoms with E-state index in [9.17, 15) is 18.8 Å². The molecule has 1 aromatic heterocycles. The minimum Gasteiger partial charge on any atom is -0.461 e. The Bertz CT molecular complexity index is 1270. The average Bonchev–Trinajstić information content (AvgIpc) is 3.12. The molecular weight excluding hydrogens is 483 g/mol. The summed E-state index contributed by atoms with van der Waals surface area (Å²) in [5, 5.41) is 0.486. The summed E-state index contributed by atoms with van der Waals surface area (Å²) in [5.41, 5.74) is 2.92. The highest BCUT2D eigenvalue weighted by Gasteiger charge is 2.33. The van der Waals surface area contributed by atoms with Gasteiger partial charge in [0.05, 0.1) is 12.6 Å². The molecule has 0 saturated heterocycles. The zero-order valence-electron chi connectivity index (χ0n) is 21.1. The van der Waals surface area contributed by atoms with Gasteiger partial charge in [0, 0.05) is 34.9 Å². The van der Waals surface area contributed by atoms with Crippen molar-refractivity contribution in [3.05, 3.63) is 93.0 Å². The number of rotatable bonds is 9. The Balaban J connectivity index is 2.05. The molecule has 3 rings (SSSR count). The molecule has 0 aliphatic heterocycles. The van der Waals surface area contributed by atoms with Gasteiger partial charge in [0.25, 0.3) is 5.91 Å². The number of hydrogen-bond acceptors (Lipinski definition) is 4. The van der Waals surface area contributed by atoms with Crippen LogP contribution in [0.1, 0.15) is 68.8 Å². The monoisotopic (exact) mass is 512 g/mol. The van der Waals surface area contributed by atoms with E-state index in [0.29, 0.717) is 45.2 Å². The van der Waals surface area contributed by atoms with Crippen LogP contribution >= 0.6 is 11.6 Å². The van der Waals surface area contributed by atoms with E-state index in [1.807, 2.05) is 6.92 Å². The number of amides is 1. The highest BCUT2D eigenvalue weighted by Crippen LogP contribution is 2.27. The molecule has 0 aliphatic rings. The minimum absolute atomic E-state index is 0.0892. The Morgan fingerprint density at radius 1 is 1.03 bits per heavy atom. The summed E-state index contributed by atoms with van der Waals surface area (Å²) >= 11 is 5.99. The molecule has 2 aromatic carbocycles. The second-order valence-electron chi connectivity index (χ2n) is 8.51. The van der Waals surface area contributed by atoms with E-state index >= 15 is 0 Å². The number of aromatic nitrogens is 1. The van der Waals surface area contributed by atoms with E-state index in [0.717, 1.165) is 0 Å². The number of carbonyl (C=O) groups is 3. The van der Waals surface area contributed by atoms with Crippen LogP contribution < -0.4 is 0 Å². The largest absolute Gasteiger partial charge is 0.461 e. The number of halogens is 2. The summed E-state index contributed by atoms with van der Waals surface area (Å²) in [6, 6.07) is 11.3. The SMILES string of the molecule is CCOC(=O)c1c(C)c(C(=O)C(C)N(Cc2ccc(F)cc2)C(=O)c2ccc(Cl)cc2)c(C)n1CC. The van der Waals surface area contributed by atoms with Crippen molar-refractivity contribution in [3.63, 3.8) is 0 Å². The summed E-state index contributed by atoms with van der Waals surface area (Å²) in [7, 11) is 0. The van der Waals surface area contributed by atoms with E-state index in [2.05, 4.69) is 0 Å². The second-order valence-corrected chi connectivity index (χ2v) is 8.94. The van der Waals surface area contributed by atoms with Gasteiger partial charge in [0.2, 0.25) is 0 Å². The lowest BCUT2D eigenvalue weighted by atomic mass is 9.98. The van der Waals surface area contributed by atoms with E-state index in [1.54, 1.807) is 68.7 Å². The van der Waals surface area contributed by atoms with Crippen molar-refractivity contribution in [2.45, 2.75) is 53.8 Å². The second kappa shape index (κ2) is 11.5. The topological polar surface area (TPSA) is 68.6 Å². The predicted molar refractivity (Wildman–Crippen MR) is 137 cm³/mol. The van der Waals surface area contributed by atoms with E-state index in [4.69, 9.17) is 16.3 Å². The molecule has 36 heavy (non-hydrogen) atoms. The zero-order chi connectivity index (χ0) is 26.6. The third kappa shape index (κ3) is 5.51. The Labute approximate surface area is 215 Å². The average molecular weight is 513 g/mol. The first kappa shape index (κ1) is 27.1. The van der Waals surface area contributed by atoms with E-state index in [1.165, 1.54) is 17.0 Å². The normalized spacial score (nSPS) is 11.8. The van der Waals surface area contributed by atoms with Gasteiger partial charge in [-0.1, -0.05) is 23.7 Å². The molecule has 0 aliphatic carbocycles. The first-order chi connectivity index (χ1) is 17.1. The number of hydrogen-bond donors (Lipinski definition) is 0. The Morgan fingerprint density at radius 2 is 1.64 bits per heavy atom. The van der Waals surface area contributed by atoms with Crippen molar-refractivity contribution in [2.24, 2.45) is 0 Å². The number of benzene rings is 2. The van der Waals surface area contributed by atoms with E-state index < -0.39 is 17.8 Å². The van der Waals surface area contributed by atoms with Gasteiger partial charge >= 0.3 is 5.97 Å². The molecule has 0 saturated carbocycles. The van der Waals surface area contributed by atoms with Gasteiger partial charge < -0.3 is 14.2 Å². The van der Waals surface area contributed by atoms with Crippen LogP contribution in [0, 0.1) is 19.7 Å². The van der Waals surface area contributed by atoms with Gasteiger partial charge in [0.1, 0.15) is 11.5 Å². The van der Waals surface area contributed by atoms with Crippen LogP contribution in [-0.2, 0) is 17.8 Å². The quantitative estimate of drug-likeness (QED) is 0.260. The molecule has 0 radical (unpaired) electrons. The van der Waals surface area contributed by atoms with Crippen LogP contribution in [-0.4, -0.2) is 39.8 Å². The van der Waals surface area contributed by atoms with Crippen molar-refractivity contribution in [1.29, 1.82) is 0 Å². The molecule has 8 heteroatoms. The lowest BCUT2D eigenvalue weighted by Crippen LogP contribution is -2.43. The van der Waals surface area contributed by atoms with Gasteiger partial charge in [-0.3, -0.25) is 9.59 Å². The van der Waals surface area contributed by atoms with Crippen LogP contribution in [0.25, 0.3) is 0 Å². The number of nitrogens with zero attached hydrogens (tertiary/aromatic N) is 2. The Morgan fingerprint density at radius 3 is 2.19 bits per heavy atom. The molecule has 190 valence electrons. The van der Waals surface area contributed by atoms with Crippen LogP contribution in [0.3, 0.4) is 0 Å². The molecule has 1 amide bonds. The Hall–Kier alpha value is -3.45. The summed E-state index contributed by atoms with van der Waals surface area (Å²) in [6.07, 6.45) is 0. The lowest BCUT2D eigenvalue weighted by molar-refractivity contribution is 0.0512. The van der Waals surface area contributed by atoms with Gasteiger partial charge in [-0.2, -0.15) is 0 Å². The number of ether oxygens (including phenoxy) is 1. The summed E-state index contributed by atoms with van der Waals surface area (Å²) < 4.78 is 20.5. The highest BCUT2D eigenvalue weighted by atomic mass is 35.5. The fourth-order valence-corrected chi connectivity index (χ4v) is 4.52. The first-order valence-electron chi connectivity index (χ1n) is 11.8. The smallest absolute Gasteiger partial charge is 0.355 e. The minimum atomic E-state index is -0.876. The zero-order valence-corrected chi connectivity index (χ0v) is 21.9. The van der Waals surface area contributed by atoms with Crippen molar-refractivity contribution < 1.29 is 23.5 Å². The molecule has 0 N–H and O–H groups in total.